The van der Waals surface area contributed by atoms with Gasteiger partial charge in [-0.25, -0.2) is 9.59 Å². The van der Waals surface area contributed by atoms with Gasteiger partial charge in [-0.2, -0.15) is 0 Å². The Labute approximate surface area is 122 Å². The van der Waals surface area contributed by atoms with E-state index in [4.69, 9.17) is 0 Å². The van der Waals surface area contributed by atoms with Gasteiger partial charge in [-0.1, -0.05) is 48.0 Å². The summed E-state index contributed by atoms with van der Waals surface area (Å²) in [6.07, 6.45) is 0.714. The first kappa shape index (κ1) is 18.7. The molecular weight excluding hydrogens is 256 g/mol. The molecule has 20 heavy (non-hydrogen) atoms. The van der Waals surface area contributed by atoms with Crippen LogP contribution in [0.15, 0.2) is 0 Å². The van der Waals surface area contributed by atoms with Crippen LogP contribution in [0.4, 0.5) is 4.79 Å². The largest absolute Gasteiger partial charge is 0.480 e. The maximum atomic E-state index is 12.3. The summed E-state index contributed by atoms with van der Waals surface area (Å²) in [5.41, 5.74) is 0. The molecule has 5 heteroatoms. The number of carbonyl (C=O) groups excluding carboxylic acids is 1. The number of carbonyl (C=O) groups is 2. The minimum absolute atomic E-state index is 0.0867. The van der Waals surface area contributed by atoms with Crippen molar-refractivity contribution in [1.29, 1.82) is 0 Å². The molecule has 2 amide bonds. The Kier molecular flexibility index (Phi) is 8.26. The fourth-order valence-electron chi connectivity index (χ4n) is 2.03. The van der Waals surface area contributed by atoms with Crippen molar-refractivity contribution >= 4 is 12.0 Å². The van der Waals surface area contributed by atoms with Crippen molar-refractivity contribution in [3.63, 3.8) is 0 Å². The van der Waals surface area contributed by atoms with Gasteiger partial charge in [0.25, 0.3) is 0 Å². The smallest absolute Gasteiger partial charge is 0.326 e. The van der Waals surface area contributed by atoms with Crippen molar-refractivity contribution in [2.75, 3.05) is 13.1 Å². The molecule has 0 aliphatic carbocycles. The molecule has 0 rings (SSSR count). The van der Waals surface area contributed by atoms with Crippen molar-refractivity contribution in [1.82, 2.24) is 10.2 Å². The lowest BCUT2D eigenvalue weighted by molar-refractivity contribution is -0.140. The summed E-state index contributed by atoms with van der Waals surface area (Å²) in [7, 11) is 0. The highest BCUT2D eigenvalue weighted by atomic mass is 16.4. The molecule has 1 unspecified atom stereocenters. The first-order chi connectivity index (χ1) is 9.18. The Balaban J connectivity index is 4.82. The van der Waals surface area contributed by atoms with E-state index in [2.05, 4.69) is 5.32 Å². The Hall–Kier alpha value is -1.26. The van der Waals surface area contributed by atoms with Gasteiger partial charge in [0.05, 0.1) is 0 Å². The molecule has 0 aromatic carbocycles. The summed E-state index contributed by atoms with van der Waals surface area (Å²) < 4.78 is 0. The number of carboxylic acid groups (broad SMARTS) is 1. The van der Waals surface area contributed by atoms with Gasteiger partial charge < -0.3 is 15.3 Å². The van der Waals surface area contributed by atoms with E-state index >= 15 is 0 Å². The average Bonchev–Trinajstić information content (AvgIpc) is 2.32. The van der Waals surface area contributed by atoms with Crippen LogP contribution in [-0.2, 0) is 4.79 Å². The molecule has 0 aliphatic heterocycles. The number of rotatable bonds is 8. The summed E-state index contributed by atoms with van der Waals surface area (Å²) in [4.78, 5) is 25.3. The van der Waals surface area contributed by atoms with Crippen LogP contribution >= 0.6 is 0 Å². The van der Waals surface area contributed by atoms with Crippen LogP contribution < -0.4 is 5.32 Å². The first-order valence-electron chi connectivity index (χ1n) is 7.47. The second kappa shape index (κ2) is 8.82. The number of nitrogens with one attached hydrogen (secondary N) is 1. The number of urea groups is 1. The van der Waals surface area contributed by atoms with Gasteiger partial charge in [-0.15, -0.1) is 0 Å². The van der Waals surface area contributed by atoms with E-state index < -0.39 is 12.0 Å². The van der Waals surface area contributed by atoms with Crippen molar-refractivity contribution in [3.05, 3.63) is 0 Å². The van der Waals surface area contributed by atoms with E-state index in [1.54, 1.807) is 4.90 Å². The molecule has 2 atom stereocenters. The molecule has 0 aromatic heterocycles. The Morgan fingerprint density at radius 3 is 1.80 bits per heavy atom. The predicted molar refractivity (Wildman–Crippen MR) is 80.7 cm³/mol. The molecular formula is C15H30N2O3. The lowest BCUT2D eigenvalue weighted by atomic mass is 9.99. The van der Waals surface area contributed by atoms with E-state index in [1.807, 2.05) is 41.5 Å². The summed E-state index contributed by atoms with van der Waals surface area (Å²) >= 11 is 0. The molecule has 0 aromatic rings. The summed E-state index contributed by atoms with van der Waals surface area (Å²) in [5, 5.41) is 11.9. The average molecular weight is 286 g/mol. The van der Waals surface area contributed by atoms with Crippen LogP contribution in [0.2, 0.25) is 0 Å². The highest BCUT2D eigenvalue weighted by Gasteiger charge is 2.27. The number of amides is 2. The standard InChI is InChI=1S/C15H30N2O3/c1-7-12(6)13(14(18)19)16-15(20)17(8-10(2)3)9-11(4)5/h10-13H,7-9H2,1-6H3,(H,16,20)(H,18,19)/t12?,13-/m0/s1. The van der Waals surface area contributed by atoms with Crippen LogP contribution in [0.1, 0.15) is 48.0 Å². The molecule has 0 fully saturated rings. The Morgan fingerprint density at radius 2 is 1.50 bits per heavy atom. The number of hydrogen-bond donors (Lipinski definition) is 2. The van der Waals surface area contributed by atoms with Crippen molar-refractivity contribution in [3.8, 4) is 0 Å². The van der Waals surface area contributed by atoms with Gasteiger partial charge in [0.2, 0.25) is 0 Å². The number of aliphatic carboxylic acids is 1. The molecule has 0 bridgehead atoms. The monoisotopic (exact) mass is 286 g/mol. The quantitative estimate of drug-likeness (QED) is 0.721. The zero-order valence-electron chi connectivity index (χ0n) is 13.6. The van der Waals surface area contributed by atoms with E-state index in [1.165, 1.54) is 0 Å². The molecule has 5 nitrogen and oxygen atoms in total. The molecule has 2 N–H and O–H groups in total. The van der Waals surface area contributed by atoms with E-state index in [0.29, 0.717) is 31.3 Å². The van der Waals surface area contributed by atoms with Crippen LogP contribution in [0.25, 0.3) is 0 Å². The molecule has 118 valence electrons. The maximum Gasteiger partial charge on any atom is 0.326 e. The fraction of sp³-hybridized carbons (Fsp3) is 0.867. The second-order valence-corrected chi connectivity index (χ2v) is 6.34. The van der Waals surface area contributed by atoms with E-state index in [9.17, 15) is 14.7 Å². The van der Waals surface area contributed by atoms with E-state index in [-0.39, 0.29) is 11.9 Å². The zero-order valence-corrected chi connectivity index (χ0v) is 13.6. The molecule has 0 radical (unpaired) electrons. The molecule has 0 heterocycles. The van der Waals surface area contributed by atoms with Gasteiger partial charge in [0, 0.05) is 13.1 Å². The third-order valence-electron chi connectivity index (χ3n) is 3.22. The fourth-order valence-corrected chi connectivity index (χ4v) is 2.03. The van der Waals surface area contributed by atoms with Gasteiger partial charge >= 0.3 is 12.0 Å². The lowest BCUT2D eigenvalue weighted by Gasteiger charge is -2.29. The van der Waals surface area contributed by atoms with Crippen LogP contribution in [-0.4, -0.2) is 41.1 Å². The van der Waals surface area contributed by atoms with Gasteiger partial charge in [-0.05, 0) is 17.8 Å². The van der Waals surface area contributed by atoms with Crippen LogP contribution in [0, 0.1) is 17.8 Å². The summed E-state index contributed by atoms with van der Waals surface area (Å²) in [5.74, 6) is -0.351. The van der Waals surface area contributed by atoms with Crippen LogP contribution in [0.5, 0.6) is 0 Å². The minimum Gasteiger partial charge on any atom is -0.480 e. The maximum absolute atomic E-state index is 12.3. The third-order valence-corrected chi connectivity index (χ3v) is 3.22. The SMILES string of the molecule is CCC(C)[C@H](NC(=O)N(CC(C)C)CC(C)C)C(=O)O. The van der Waals surface area contributed by atoms with Gasteiger partial charge in [-0.3, -0.25) is 0 Å². The van der Waals surface area contributed by atoms with Crippen molar-refractivity contribution < 1.29 is 14.7 Å². The lowest BCUT2D eigenvalue weighted by Crippen LogP contribution is -2.52. The predicted octanol–water partition coefficient (Wildman–Crippen LogP) is 2.81. The molecule has 0 spiro atoms. The van der Waals surface area contributed by atoms with Crippen molar-refractivity contribution in [2.24, 2.45) is 17.8 Å². The molecule has 0 saturated carbocycles. The van der Waals surface area contributed by atoms with E-state index in [0.717, 1.165) is 0 Å². The first-order valence-corrected chi connectivity index (χ1v) is 7.47. The summed E-state index contributed by atoms with van der Waals surface area (Å²) in [6.45, 7) is 13.2. The Bertz CT molecular complexity index is 306. The Morgan fingerprint density at radius 1 is 1.05 bits per heavy atom. The van der Waals surface area contributed by atoms with Gasteiger partial charge in [0.1, 0.15) is 6.04 Å². The zero-order chi connectivity index (χ0) is 15.9. The normalized spacial score (nSPS) is 14.2. The third kappa shape index (κ3) is 6.78. The highest BCUT2D eigenvalue weighted by Crippen LogP contribution is 2.10. The number of nitrogens with zero attached hydrogens (tertiary/aromatic N) is 1. The topological polar surface area (TPSA) is 69.6 Å². The van der Waals surface area contributed by atoms with Crippen LogP contribution in [0.3, 0.4) is 0 Å². The second-order valence-electron chi connectivity index (χ2n) is 6.34. The minimum atomic E-state index is -0.971. The number of carboxylic acids is 1. The molecule has 0 saturated heterocycles. The summed E-state index contributed by atoms with van der Waals surface area (Å²) in [6, 6.07) is -1.10. The van der Waals surface area contributed by atoms with Gasteiger partial charge in [0.15, 0.2) is 0 Å². The molecule has 0 aliphatic rings. The highest BCUT2D eigenvalue weighted by molar-refractivity contribution is 5.82. The van der Waals surface area contributed by atoms with Crippen molar-refractivity contribution in [2.45, 2.75) is 54.0 Å². The number of hydrogen-bond acceptors (Lipinski definition) is 2.